The number of piperidine rings is 1. The maximum Gasteiger partial charge on any atom is 0.237 e. The van der Waals surface area contributed by atoms with E-state index in [1.165, 1.54) is 0 Å². The fourth-order valence-corrected chi connectivity index (χ4v) is 3.83. The molecule has 27 heavy (non-hydrogen) atoms. The summed E-state index contributed by atoms with van der Waals surface area (Å²) in [6, 6.07) is 6.45. The molecule has 1 aromatic rings. The first kappa shape index (κ1) is 24.0. The molecular formula is C19H33Cl2N5O. The Kier molecular flexibility index (Phi) is 11.0. The first-order valence-corrected chi connectivity index (χ1v) is 9.66. The van der Waals surface area contributed by atoms with Crippen LogP contribution in [0, 0.1) is 0 Å². The van der Waals surface area contributed by atoms with Gasteiger partial charge in [-0.1, -0.05) is 13.0 Å². The third kappa shape index (κ3) is 6.79. The van der Waals surface area contributed by atoms with Gasteiger partial charge in [-0.25, -0.2) is 4.98 Å². The minimum absolute atomic E-state index is 0. The van der Waals surface area contributed by atoms with Gasteiger partial charge in [-0.3, -0.25) is 9.69 Å². The molecule has 1 aromatic heterocycles. The van der Waals surface area contributed by atoms with Crippen molar-refractivity contribution in [2.45, 2.75) is 32.2 Å². The molecule has 154 valence electrons. The van der Waals surface area contributed by atoms with E-state index in [-0.39, 0.29) is 24.8 Å². The van der Waals surface area contributed by atoms with Gasteiger partial charge in [0.05, 0.1) is 6.54 Å². The Balaban J connectivity index is 0.00000182. The molecule has 6 nitrogen and oxygen atoms in total. The zero-order valence-corrected chi connectivity index (χ0v) is 17.8. The molecule has 0 radical (unpaired) electrons. The maximum atomic E-state index is 12.9. The average Bonchev–Trinajstić information content (AvgIpc) is 2.68. The molecule has 0 aliphatic carbocycles. The monoisotopic (exact) mass is 417 g/mol. The van der Waals surface area contributed by atoms with Gasteiger partial charge < -0.3 is 15.1 Å². The molecule has 1 amide bonds. The topological polar surface area (TPSA) is 51.7 Å². The highest BCUT2D eigenvalue weighted by atomic mass is 35.5. The number of rotatable bonds is 6. The molecular weight excluding hydrogens is 385 g/mol. The van der Waals surface area contributed by atoms with Gasteiger partial charge in [-0.2, -0.15) is 0 Å². The molecule has 2 saturated heterocycles. The van der Waals surface area contributed by atoms with Crippen LogP contribution in [0.5, 0.6) is 0 Å². The predicted octanol–water partition coefficient (Wildman–Crippen LogP) is 2.04. The van der Waals surface area contributed by atoms with Gasteiger partial charge in [-0.15, -0.1) is 24.8 Å². The van der Waals surface area contributed by atoms with Crippen LogP contribution in [0.3, 0.4) is 0 Å². The molecule has 0 aromatic carbocycles. The van der Waals surface area contributed by atoms with Crippen LogP contribution in [0.4, 0.5) is 5.82 Å². The number of nitrogens with zero attached hydrogens (tertiary/aromatic N) is 4. The molecule has 0 unspecified atom stereocenters. The van der Waals surface area contributed by atoms with Gasteiger partial charge in [0.15, 0.2) is 0 Å². The van der Waals surface area contributed by atoms with E-state index in [1.54, 1.807) is 0 Å². The first-order valence-electron chi connectivity index (χ1n) is 9.66. The Morgan fingerprint density at radius 3 is 2.48 bits per heavy atom. The maximum absolute atomic E-state index is 12.9. The van der Waals surface area contributed by atoms with E-state index in [9.17, 15) is 4.79 Å². The molecule has 3 heterocycles. The summed E-state index contributed by atoms with van der Waals surface area (Å²) in [5, 5.41) is 3.39. The summed E-state index contributed by atoms with van der Waals surface area (Å²) >= 11 is 0. The summed E-state index contributed by atoms with van der Waals surface area (Å²) < 4.78 is 0. The third-order valence-corrected chi connectivity index (χ3v) is 5.24. The van der Waals surface area contributed by atoms with Gasteiger partial charge in [0, 0.05) is 45.0 Å². The first-order chi connectivity index (χ1) is 12.3. The highest BCUT2D eigenvalue weighted by Crippen LogP contribution is 2.15. The fourth-order valence-electron chi connectivity index (χ4n) is 3.83. The number of carbonyl (C=O) groups is 1. The molecule has 2 aliphatic heterocycles. The Labute approximate surface area is 175 Å². The summed E-state index contributed by atoms with van der Waals surface area (Å²) in [6.07, 6.45) is 5.04. The van der Waals surface area contributed by atoms with Crippen molar-refractivity contribution in [1.29, 1.82) is 0 Å². The molecule has 3 rings (SSSR count). The van der Waals surface area contributed by atoms with Crippen molar-refractivity contribution < 1.29 is 4.79 Å². The predicted molar refractivity (Wildman–Crippen MR) is 115 cm³/mol. The highest BCUT2D eigenvalue weighted by Gasteiger charge is 2.27. The number of pyridine rings is 1. The van der Waals surface area contributed by atoms with Crippen LogP contribution in [0.25, 0.3) is 0 Å². The molecule has 1 N–H and O–H groups in total. The number of aromatic nitrogens is 1. The van der Waals surface area contributed by atoms with Crippen LogP contribution >= 0.6 is 24.8 Å². The number of hydrogen-bond donors (Lipinski definition) is 1. The SMILES string of the molecule is CCCN(C(=O)CN1CCN(c2ccccn2)CC1)C1CCNCC1.Cl.Cl. The number of anilines is 1. The van der Waals surface area contributed by atoms with Crippen molar-refractivity contribution in [1.82, 2.24) is 20.1 Å². The summed E-state index contributed by atoms with van der Waals surface area (Å²) in [7, 11) is 0. The highest BCUT2D eigenvalue weighted by molar-refractivity contribution is 5.85. The lowest BCUT2D eigenvalue weighted by Crippen LogP contribution is -2.53. The third-order valence-electron chi connectivity index (χ3n) is 5.24. The average molecular weight is 418 g/mol. The normalized spacial score (nSPS) is 18.3. The molecule has 0 saturated carbocycles. The number of piperazine rings is 1. The van der Waals surface area contributed by atoms with Crippen LogP contribution in [-0.4, -0.2) is 79.1 Å². The Bertz CT molecular complexity index is 534. The smallest absolute Gasteiger partial charge is 0.237 e. The Hall–Kier alpha value is -1.08. The zero-order chi connectivity index (χ0) is 17.5. The Morgan fingerprint density at radius 2 is 1.89 bits per heavy atom. The lowest BCUT2D eigenvalue weighted by molar-refractivity contribution is -0.135. The van der Waals surface area contributed by atoms with Crippen molar-refractivity contribution in [3.05, 3.63) is 24.4 Å². The quantitative estimate of drug-likeness (QED) is 0.767. The number of hydrogen-bond acceptors (Lipinski definition) is 5. The summed E-state index contributed by atoms with van der Waals surface area (Å²) in [4.78, 5) is 24.1. The fraction of sp³-hybridized carbons (Fsp3) is 0.684. The second-order valence-electron chi connectivity index (χ2n) is 7.02. The minimum Gasteiger partial charge on any atom is -0.354 e. The van der Waals surface area contributed by atoms with Crippen molar-refractivity contribution >= 4 is 36.5 Å². The minimum atomic E-state index is 0. The van der Waals surface area contributed by atoms with E-state index in [2.05, 4.69) is 38.0 Å². The van der Waals surface area contributed by atoms with Crippen molar-refractivity contribution in [3.8, 4) is 0 Å². The second kappa shape index (κ2) is 12.4. The van der Waals surface area contributed by atoms with Crippen LogP contribution in [-0.2, 0) is 4.79 Å². The Morgan fingerprint density at radius 1 is 1.19 bits per heavy atom. The van der Waals surface area contributed by atoms with Gasteiger partial charge in [0.1, 0.15) is 5.82 Å². The van der Waals surface area contributed by atoms with E-state index in [0.29, 0.717) is 18.5 Å². The molecule has 8 heteroatoms. The van der Waals surface area contributed by atoms with Gasteiger partial charge in [0.25, 0.3) is 0 Å². The summed E-state index contributed by atoms with van der Waals surface area (Å²) in [5.41, 5.74) is 0. The standard InChI is InChI=1S/C19H31N5O.2ClH/c1-2-11-24(17-6-9-20-10-7-17)19(25)16-22-12-14-23(15-13-22)18-5-3-4-8-21-18;;/h3-5,8,17,20H,2,6-7,9-16H2,1H3;2*1H. The number of amides is 1. The van der Waals surface area contributed by atoms with Gasteiger partial charge in [0.2, 0.25) is 5.91 Å². The van der Waals surface area contributed by atoms with E-state index in [1.807, 2.05) is 18.3 Å². The number of carbonyl (C=O) groups excluding carboxylic acids is 1. The molecule has 0 spiro atoms. The molecule has 2 fully saturated rings. The van der Waals surface area contributed by atoms with Crippen LogP contribution in [0.2, 0.25) is 0 Å². The van der Waals surface area contributed by atoms with Crippen molar-refractivity contribution in [2.75, 3.05) is 57.3 Å². The second-order valence-corrected chi connectivity index (χ2v) is 7.02. The molecule has 2 aliphatic rings. The van der Waals surface area contributed by atoms with Crippen LogP contribution in [0.15, 0.2) is 24.4 Å². The lowest BCUT2D eigenvalue weighted by atomic mass is 10.0. The summed E-state index contributed by atoms with van der Waals surface area (Å²) in [5.74, 6) is 1.34. The largest absolute Gasteiger partial charge is 0.354 e. The van der Waals surface area contributed by atoms with Crippen LogP contribution < -0.4 is 10.2 Å². The van der Waals surface area contributed by atoms with E-state index >= 15 is 0 Å². The van der Waals surface area contributed by atoms with Crippen molar-refractivity contribution in [2.24, 2.45) is 0 Å². The van der Waals surface area contributed by atoms with E-state index < -0.39 is 0 Å². The van der Waals surface area contributed by atoms with Gasteiger partial charge in [-0.05, 0) is 44.5 Å². The summed E-state index contributed by atoms with van der Waals surface area (Å²) in [6.45, 7) is 9.38. The van der Waals surface area contributed by atoms with E-state index in [4.69, 9.17) is 0 Å². The van der Waals surface area contributed by atoms with Crippen LogP contribution in [0.1, 0.15) is 26.2 Å². The zero-order valence-electron chi connectivity index (χ0n) is 16.2. The number of halogens is 2. The van der Waals surface area contributed by atoms with Gasteiger partial charge >= 0.3 is 0 Å². The number of nitrogens with one attached hydrogen (secondary N) is 1. The molecule has 0 atom stereocenters. The van der Waals surface area contributed by atoms with E-state index in [0.717, 1.165) is 70.9 Å². The van der Waals surface area contributed by atoms with Crippen molar-refractivity contribution in [3.63, 3.8) is 0 Å². The lowest BCUT2D eigenvalue weighted by Gasteiger charge is -2.38. The molecule has 0 bridgehead atoms.